The second kappa shape index (κ2) is 7.46. The highest BCUT2D eigenvalue weighted by Crippen LogP contribution is 2.69. The summed E-state index contributed by atoms with van der Waals surface area (Å²) in [7, 11) is 0. The van der Waals surface area contributed by atoms with Crippen molar-refractivity contribution in [1.29, 1.82) is 0 Å². The molecule has 8 rings (SSSR count). The maximum Gasteiger partial charge on any atom is 0.311 e. The molecule has 10 unspecified atom stereocenters. The van der Waals surface area contributed by atoms with Crippen LogP contribution in [0.1, 0.15) is 78.6 Å². The van der Waals surface area contributed by atoms with Crippen molar-refractivity contribution in [2.24, 2.45) is 70.0 Å². The molecule has 34 heavy (non-hydrogen) atoms. The highest BCUT2D eigenvalue weighted by Gasteiger charge is 2.66. The van der Waals surface area contributed by atoms with Crippen molar-refractivity contribution in [3.8, 4) is 0 Å². The molecule has 0 aromatic carbocycles. The van der Waals surface area contributed by atoms with Crippen LogP contribution in [0.2, 0.25) is 0 Å². The van der Waals surface area contributed by atoms with Crippen molar-refractivity contribution in [2.75, 3.05) is 13.4 Å². The lowest BCUT2D eigenvalue weighted by atomic mass is 9.66. The van der Waals surface area contributed by atoms with Crippen LogP contribution in [-0.2, 0) is 23.8 Å². The quantitative estimate of drug-likeness (QED) is 0.231. The SMILES string of the molecule is CC(C)(C)C(=O)OC1CC2CC1C1C3CC(CC3C(=O)OCOCC34CC5CC(C3)C(C5)C4)C21. The summed E-state index contributed by atoms with van der Waals surface area (Å²) in [5.74, 6) is 6.19. The Morgan fingerprint density at radius 2 is 1.53 bits per heavy atom. The zero-order valence-corrected chi connectivity index (χ0v) is 21.2. The Bertz CT molecular complexity index is 855. The standard InChI is InChI=1S/C29H42O5/c1-28(2,3)27(31)34-23-9-17-8-22(23)25-20-6-16(24(17)25)7-21(20)26(30)33-14-32-13-29-10-15-4-18(11-29)19(5-15)12-29/h15-25H,4-14H2,1-3H3. The maximum absolute atomic E-state index is 13.1. The molecular weight excluding hydrogens is 428 g/mol. The molecule has 5 nitrogen and oxygen atoms in total. The van der Waals surface area contributed by atoms with Crippen LogP contribution in [0.3, 0.4) is 0 Å². The highest BCUT2D eigenvalue weighted by molar-refractivity contribution is 5.75. The Morgan fingerprint density at radius 1 is 0.824 bits per heavy atom. The van der Waals surface area contributed by atoms with Gasteiger partial charge in [-0.15, -0.1) is 0 Å². The second-order valence-corrected chi connectivity index (χ2v) is 14.6. The lowest BCUT2D eigenvalue weighted by Crippen LogP contribution is -2.42. The first-order valence-electron chi connectivity index (χ1n) is 14.2. The van der Waals surface area contributed by atoms with E-state index >= 15 is 0 Å². The molecule has 10 atom stereocenters. The van der Waals surface area contributed by atoms with Gasteiger partial charge in [-0.05, 0) is 137 Å². The number of carbonyl (C=O) groups excluding carboxylic acids is 2. The first-order chi connectivity index (χ1) is 16.2. The van der Waals surface area contributed by atoms with Crippen LogP contribution in [0.4, 0.5) is 0 Å². The minimum Gasteiger partial charge on any atom is -0.462 e. The molecule has 8 bridgehead atoms. The first-order valence-corrected chi connectivity index (χ1v) is 14.2. The van der Waals surface area contributed by atoms with E-state index in [-0.39, 0.29) is 30.8 Å². The summed E-state index contributed by atoms with van der Waals surface area (Å²) in [5, 5.41) is 0. The van der Waals surface area contributed by atoms with Gasteiger partial charge in [0.2, 0.25) is 0 Å². The van der Waals surface area contributed by atoms with Gasteiger partial charge in [-0.2, -0.15) is 0 Å². The predicted molar refractivity (Wildman–Crippen MR) is 125 cm³/mol. The van der Waals surface area contributed by atoms with Crippen molar-refractivity contribution < 1.29 is 23.8 Å². The van der Waals surface area contributed by atoms with E-state index in [0.717, 1.165) is 49.5 Å². The van der Waals surface area contributed by atoms with Crippen LogP contribution in [0.25, 0.3) is 0 Å². The highest BCUT2D eigenvalue weighted by atomic mass is 16.7. The number of fused-ring (bicyclic) bond motifs is 9. The van der Waals surface area contributed by atoms with Crippen molar-refractivity contribution in [1.82, 2.24) is 0 Å². The summed E-state index contributed by atoms with van der Waals surface area (Å²) >= 11 is 0. The minimum atomic E-state index is -0.459. The van der Waals surface area contributed by atoms with Gasteiger partial charge in [0.25, 0.3) is 0 Å². The fourth-order valence-corrected chi connectivity index (χ4v) is 10.9. The van der Waals surface area contributed by atoms with E-state index in [4.69, 9.17) is 14.2 Å². The van der Waals surface area contributed by atoms with Gasteiger partial charge in [-0.25, -0.2) is 0 Å². The van der Waals surface area contributed by atoms with Gasteiger partial charge >= 0.3 is 11.9 Å². The van der Waals surface area contributed by atoms with Gasteiger partial charge in [0.05, 0.1) is 17.9 Å². The van der Waals surface area contributed by atoms with Crippen LogP contribution in [0, 0.1) is 70.0 Å². The normalized spacial score (nSPS) is 51.3. The second-order valence-electron chi connectivity index (χ2n) is 14.6. The van der Waals surface area contributed by atoms with E-state index in [1.54, 1.807) is 0 Å². The smallest absolute Gasteiger partial charge is 0.311 e. The molecule has 0 aromatic heterocycles. The Balaban J connectivity index is 0.933. The topological polar surface area (TPSA) is 61.8 Å². The summed E-state index contributed by atoms with van der Waals surface area (Å²) in [6.45, 7) is 6.69. The first kappa shape index (κ1) is 22.1. The monoisotopic (exact) mass is 470 g/mol. The van der Waals surface area contributed by atoms with Crippen LogP contribution < -0.4 is 0 Å². The average Bonchev–Trinajstić information content (AvgIpc) is 3.58. The number of rotatable bonds is 6. The lowest BCUT2D eigenvalue weighted by molar-refractivity contribution is -0.171. The van der Waals surface area contributed by atoms with Crippen molar-refractivity contribution in [3.63, 3.8) is 0 Å². The number of ether oxygens (including phenoxy) is 3. The van der Waals surface area contributed by atoms with Gasteiger partial charge in [0.15, 0.2) is 6.79 Å². The molecule has 0 aliphatic heterocycles. The minimum absolute atomic E-state index is 0.0181. The van der Waals surface area contributed by atoms with E-state index in [9.17, 15) is 9.59 Å². The Kier molecular flexibility index (Phi) is 4.85. The van der Waals surface area contributed by atoms with E-state index in [1.165, 1.54) is 38.5 Å². The third-order valence-electron chi connectivity index (χ3n) is 11.7. The van der Waals surface area contributed by atoms with Crippen LogP contribution in [0.5, 0.6) is 0 Å². The molecule has 0 amide bonds. The number of esters is 2. The molecule has 8 aliphatic carbocycles. The molecule has 0 saturated heterocycles. The molecule has 8 fully saturated rings. The van der Waals surface area contributed by atoms with Crippen molar-refractivity contribution in [3.05, 3.63) is 0 Å². The van der Waals surface area contributed by atoms with Gasteiger partial charge in [-0.1, -0.05) is 0 Å². The molecular formula is C29H42O5. The molecule has 0 heterocycles. The largest absolute Gasteiger partial charge is 0.462 e. The third kappa shape index (κ3) is 3.27. The summed E-state index contributed by atoms with van der Waals surface area (Å²) in [6.07, 6.45) is 11.3. The van der Waals surface area contributed by atoms with Crippen molar-refractivity contribution in [2.45, 2.75) is 84.7 Å². The summed E-state index contributed by atoms with van der Waals surface area (Å²) in [4.78, 5) is 25.6. The molecule has 8 aliphatic rings. The molecule has 0 aromatic rings. The summed E-state index contributed by atoms with van der Waals surface area (Å²) in [6, 6.07) is 0. The van der Waals surface area contributed by atoms with Gasteiger partial charge in [-0.3, -0.25) is 9.59 Å². The average molecular weight is 471 g/mol. The fraction of sp³-hybridized carbons (Fsp3) is 0.931. The molecule has 5 heteroatoms. The Morgan fingerprint density at radius 3 is 2.24 bits per heavy atom. The molecule has 0 N–H and O–H groups in total. The maximum atomic E-state index is 13.1. The van der Waals surface area contributed by atoms with Crippen LogP contribution in [0.15, 0.2) is 0 Å². The van der Waals surface area contributed by atoms with E-state index in [0.29, 0.717) is 35.0 Å². The van der Waals surface area contributed by atoms with Crippen LogP contribution >= 0.6 is 0 Å². The van der Waals surface area contributed by atoms with Crippen LogP contribution in [-0.4, -0.2) is 31.4 Å². The Labute approximate surface area is 204 Å². The fourth-order valence-electron chi connectivity index (χ4n) is 10.9. The molecule has 0 spiro atoms. The number of carbonyl (C=O) groups is 2. The number of hydrogen-bond donors (Lipinski definition) is 0. The zero-order valence-electron chi connectivity index (χ0n) is 21.2. The van der Waals surface area contributed by atoms with E-state index in [2.05, 4.69) is 0 Å². The predicted octanol–water partition coefficient (Wildman–Crippen LogP) is 5.22. The summed E-state index contributed by atoms with van der Waals surface area (Å²) < 4.78 is 17.7. The van der Waals surface area contributed by atoms with E-state index in [1.807, 2.05) is 20.8 Å². The van der Waals surface area contributed by atoms with Gasteiger partial charge in [0.1, 0.15) is 6.10 Å². The molecule has 0 radical (unpaired) electrons. The van der Waals surface area contributed by atoms with E-state index < -0.39 is 5.41 Å². The van der Waals surface area contributed by atoms with Gasteiger partial charge in [0, 0.05) is 0 Å². The lowest BCUT2D eigenvalue weighted by Gasteiger charge is -2.41. The van der Waals surface area contributed by atoms with Gasteiger partial charge < -0.3 is 14.2 Å². The summed E-state index contributed by atoms with van der Waals surface area (Å²) in [5.41, 5.74) is -0.0789. The molecule has 188 valence electrons. The third-order valence-corrected chi connectivity index (χ3v) is 11.7. The Hall–Kier alpha value is -1.10. The zero-order chi connectivity index (χ0) is 23.4. The number of hydrogen-bond acceptors (Lipinski definition) is 5. The molecule has 8 saturated carbocycles. The van der Waals surface area contributed by atoms with Crippen molar-refractivity contribution >= 4 is 11.9 Å².